The van der Waals surface area contributed by atoms with E-state index in [1.165, 1.54) is 36.6 Å². The van der Waals surface area contributed by atoms with Gasteiger partial charge in [0, 0.05) is 26.3 Å². The van der Waals surface area contributed by atoms with Gasteiger partial charge in [-0.15, -0.1) is 0 Å². The SMILES string of the molecule is CCCn1c(SCC(=O)Nc2cccc(C(=O)OC)c2)nc2c1c(=O)n(C)c(=O)n2C. The molecular formula is C20H23N5O5S. The molecular weight excluding hydrogens is 422 g/mol. The second-order valence-electron chi connectivity index (χ2n) is 6.83. The van der Waals surface area contributed by atoms with Crippen LogP contribution in [0.2, 0.25) is 0 Å². The van der Waals surface area contributed by atoms with Crippen LogP contribution in [-0.2, 0) is 30.2 Å². The van der Waals surface area contributed by atoms with Crippen molar-refractivity contribution in [2.45, 2.75) is 25.0 Å². The molecule has 0 atom stereocenters. The Morgan fingerprint density at radius 2 is 1.94 bits per heavy atom. The van der Waals surface area contributed by atoms with E-state index in [1.807, 2.05) is 6.92 Å². The molecule has 1 aromatic carbocycles. The maximum atomic E-state index is 12.7. The minimum absolute atomic E-state index is 0.0315. The monoisotopic (exact) mass is 445 g/mol. The predicted octanol–water partition coefficient (Wildman–Crippen LogP) is 1.36. The number of aryl methyl sites for hydroxylation is 2. The third-order valence-corrected chi connectivity index (χ3v) is 5.64. The number of carbonyl (C=O) groups excluding carboxylic acids is 2. The molecule has 0 fully saturated rings. The van der Waals surface area contributed by atoms with Crippen molar-refractivity contribution < 1.29 is 14.3 Å². The molecule has 0 saturated heterocycles. The normalized spacial score (nSPS) is 11.0. The van der Waals surface area contributed by atoms with Gasteiger partial charge >= 0.3 is 11.7 Å². The van der Waals surface area contributed by atoms with Gasteiger partial charge in [-0.3, -0.25) is 18.7 Å². The summed E-state index contributed by atoms with van der Waals surface area (Å²) in [6.07, 6.45) is 0.748. The minimum atomic E-state index is -0.494. The average Bonchev–Trinajstić information content (AvgIpc) is 3.13. The number of esters is 1. The van der Waals surface area contributed by atoms with E-state index in [4.69, 9.17) is 0 Å². The summed E-state index contributed by atoms with van der Waals surface area (Å²) in [4.78, 5) is 53.4. The van der Waals surface area contributed by atoms with Gasteiger partial charge < -0.3 is 14.6 Å². The van der Waals surface area contributed by atoms with E-state index < -0.39 is 17.2 Å². The number of anilines is 1. The molecule has 0 unspecified atom stereocenters. The molecule has 2 aromatic heterocycles. The number of amides is 1. The average molecular weight is 446 g/mol. The zero-order chi connectivity index (χ0) is 22.7. The Hall–Kier alpha value is -3.34. The van der Waals surface area contributed by atoms with Crippen LogP contribution < -0.4 is 16.6 Å². The molecule has 0 aliphatic heterocycles. The number of aromatic nitrogens is 4. The fourth-order valence-electron chi connectivity index (χ4n) is 3.14. The number of fused-ring (bicyclic) bond motifs is 1. The van der Waals surface area contributed by atoms with Crippen molar-refractivity contribution in [3.05, 3.63) is 50.7 Å². The topological polar surface area (TPSA) is 117 Å². The minimum Gasteiger partial charge on any atom is -0.465 e. The highest BCUT2D eigenvalue weighted by atomic mass is 32.2. The number of ether oxygens (including phenoxy) is 1. The van der Waals surface area contributed by atoms with Gasteiger partial charge in [-0.05, 0) is 24.6 Å². The van der Waals surface area contributed by atoms with Crippen molar-refractivity contribution in [3.63, 3.8) is 0 Å². The standard InChI is InChI=1S/C20H23N5O5S/c1-5-9-25-15-16(23(2)20(29)24(3)17(15)27)22-19(25)31-11-14(26)21-13-8-6-7-12(10-13)18(28)30-4/h6-8,10H,5,9,11H2,1-4H3,(H,21,26). The number of rotatable bonds is 7. The van der Waals surface area contributed by atoms with Crippen LogP contribution >= 0.6 is 11.8 Å². The number of imidazole rings is 1. The van der Waals surface area contributed by atoms with Crippen LogP contribution in [0, 0.1) is 0 Å². The van der Waals surface area contributed by atoms with Crippen LogP contribution in [0.4, 0.5) is 5.69 Å². The highest BCUT2D eigenvalue weighted by Gasteiger charge is 2.19. The molecule has 2 heterocycles. The number of nitrogens with zero attached hydrogens (tertiary/aromatic N) is 4. The lowest BCUT2D eigenvalue weighted by atomic mass is 10.2. The highest BCUT2D eigenvalue weighted by molar-refractivity contribution is 7.99. The smallest absolute Gasteiger partial charge is 0.337 e. The number of nitrogens with one attached hydrogen (secondary N) is 1. The van der Waals surface area contributed by atoms with Crippen molar-refractivity contribution in [3.8, 4) is 0 Å². The summed E-state index contributed by atoms with van der Waals surface area (Å²) >= 11 is 1.17. The van der Waals surface area contributed by atoms with Gasteiger partial charge in [-0.2, -0.15) is 0 Å². The Labute approximate surface area is 181 Å². The predicted molar refractivity (Wildman–Crippen MR) is 118 cm³/mol. The Bertz CT molecular complexity index is 1270. The summed E-state index contributed by atoms with van der Waals surface area (Å²) in [6, 6.07) is 6.43. The first kappa shape index (κ1) is 22.3. The summed E-state index contributed by atoms with van der Waals surface area (Å²) in [5.41, 5.74) is 0.532. The van der Waals surface area contributed by atoms with Crippen molar-refractivity contribution in [1.82, 2.24) is 18.7 Å². The zero-order valence-corrected chi connectivity index (χ0v) is 18.5. The van der Waals surface area contributed by atoms with Crippen LogP contribution in [0.1, 0.15) is 23.7 Å². The number of thioether (sulfide) groups is 1. The van der Waals surface area contributed by atoms with Crippen LogP contribution in [0.3, 0.4) is 0 Å². The molecule has 3 rings (SSSR count). The molecule has 0 spiro atoms. The Balaban J connectivity index is 1.85. The molecule has 0 radical (unpaired) electrons. The van der Waals surface area contributed by atoms with E-state index >= 15 is 0 Å². The highest BCUT2D eigenvalue weighted by Crippen LogP contribution is 2.22. The van der Waals surface area contributed by atoms with Crippen molar-refractivity contribution in [2.24, 2.45) is 14.1 Å². The largest absolute Gasteiger partial charge is 0.465 e. The van der Waals surface area contributed by atoms with Crippen LogP contribution in [0.25, 0.3) is 11.2 Å². The number of hydrogen-bond donors (Lipinski definition) is 1. The summed E-state index contributed by atoms with van der Waals surface area (Å²) in [5, 5.41) is 3.21. The van der Waals surface area contributed by atoms with E-state index in [1.54, 1.807) is 29.8 Å². The maximum absolute atomic E-state index is 12.7. The van der Waals surface area contributed by atoms with Gasteiger partial charge in [0.1, 0.15) is 0 Å². The van der Waals surface area contributed by atoms with E-state index in [9.17, 15) is 19.2 Å². The lowest BCUT2D eigenvalue weighted by Gasteiger charge is -2.09. The first-order valence-corrected chi connectivity index (χ1v) is 10.5. The van der Waals surface area contributed by atoms with Gasteiger partial charge in [0.2, 0.25) is 5.91 Å². The van der Waals surface area contributed by atoms with E-state index in [0.717, 1.165) is 11.0 Å². The van der Waals surface area contributed by atoms with E-state index in [-0.39, 0.29) is 17.3 Å². The van der Waals surface area contributed by atoms with Gasteiger partial charge in [-0.1, -0.05) is 24.8 Å². The lowest BCUT2D eigenvalue weighted by Crippen LogP contribution is -2.37. The number of hydrogen-bond acceptors (Lipinski definition) is 7. The molecule has 0 aliphatic rings. The summed E-state index contributed by atoms with van der Waals surface area (Å²) in [6.45, 7) is 2.49. The molecule has 0 bridgehead atoms. The molecule has 0 saturated carbocycles. The van der Waals surface area contributed by atoms with Gasteiger partial charge in [0.15, 0.2) is 16.3 Å². The third kappa shape index (κ3) is 4.41. The second kappa shape index (κ2) is 9.21. The number of carbonyl (C=O) groups is 2. The first-order chi connectivity index (χ1) is 14.8. The van der Waals surface area contributed by atoms with Crippen LogP contribution in [0.5, 0.6) is 0 Å². The number of methoxy groups -OCH3 is 1. The maximum Gasteiger partial charge on any atom is 0.337 e. The fourth-order valence-corrected chi connectivity index (χ4v) is 3.96. The molecule has 11 heteroatoms. The van der Waals surface area contributed by atoms with Crippen molar-refractivity contribution >= 4 is 40.5 Å². The molecule has 1 N–H and O–H groups in total. The molecule has 164 valence electrons. The Kier molecular flexibility index (Phi) is 6.64. The van der Waals surface area contributed by atoms with E-state index in [2.05, 4.69) is 15.0 Å². The fraction of sp³-hybridized carbons (Fsp3) is 0.350. The quantitative estimate of drug-likeness (QED) is 0.431. The second-order valence-corrected chi connectivity index (χ2v) is 7.78. The third-order valence-electron chi connectivity index (χ3n) is 4.66. The van der Waals surface area contributed by atoms with Crippen LogP contribution in [0.15, 0.2) is 39.0 Å². The molecule has 3 aromatic rings. The molecule has 10 nitrogen and oxygen atoms in total. The Morgan fingerprint density at radius 1 is 1.19 bits per heavy atom. The summed E-state index contributed by atoms with van der Waals surface area (Å²) < 4.78 is 8.80. The molecule has 31 heavy (non-hydrogen) atoms. The van der Waals surface area contributed by atoms with Crippen LogP contribution in [-0.4, -0.2) is 43.4 Å². The zero-order valence-electron chi connectivity index (χ0n) is 17.7. The molecule has 0 aliphatic carbocycles. The molecule has 1 amide bonds. The van der Waals surface area contributed by atoms with Gasteiger partial charge in [0.05, 0.1) is 18.4 Å². The van der Waals surface area contributed by atoms with E-state index in [0.29, 0.717) is 28.5 Å². The van der Waals surface area contributed by atoms with Crippen molar-refractivity contribution in [2.75, 3.05) is 18.2 Å². The summed E-state index contributed by atoms with van der Waals surface area (Å²) in [7, 11) is 4.27. The number of benzene rings is 1. The van der Waals surface area contributed by atoms with Crippen molar-refractivity contribution in [1.29, 1.82) is 0 Å². The first-order valence-electron chi connectivity index (χ1n) is 9.55. The Morgan fingerprint density at radius 3 is 2.61 bits per heavy atom. The lowest BCUT2D eigenvalue weighted by molar-refractivity contribution is -0.113. The van der Waals surface area contributed by atoms with Gasteiger partial charge in [-0.25, -0.2) is 14.6 Å². The summed E-state index contributed by atoms with van der Waals surface area (Å²) in [5.74, 6) is -0.765. The van der Waals surface area contributed by atoms with Gasteiger partial charge in [0.25, 0.3) is 5.56 Å².